The fourth-order valence-corrected chi connectivity index (χ4v) is 3.06. The normalized spacial score (nSPS) is 12.3. The Labute approximate surface area is 158 Å². The standard InChI is InChI=1S/C20H23ClN4O/c1-5-12(2)23-20(26)18-11-22-25-14(4)17(13(3)24-19(18)25)10-15-6-8-16(21)9-7-15/h6-9,11-12H,5,10H2,1-4H3,(H,23,26). The third-order valence-electron chi connectivity index (χ3n) is 4.74. The lowest BCUT2D eigenvalue weighted by atomic mass is 10.0. The van der Waals surface area contributed by atoms with Gasteiger partial charge in [-0.1, -0.05) is 30.7 Å². The lowest BCUT2D eigenvalue weighted by Crippen LogP contribution is -2.31. The number of carbonyl (C=O) groups is 1. The lowest BCUT2D eigenvalue weighted by molar-refractivity contribution is 0.0940. The topological polar surface area (TPSA) is 59.3 Å². The minimum atomic E-state index is -0.133. The van der Waals surface area contributed by atoms with Crippen LogP contribution in [0.4, 0.5) is 0 Å². The Bertz CT molecular complexity index is 947. The van der Waals surface area contributed by atoms with E-state index < -0.39 is 0 Å². The molecule has 6 heteroatoms. The van der Waals surface area contributed by atoms with Crippen LogP contribution < -0.4 is 5.32 Å². The Morgan fingerprint density at radius 3 is 2.62 bits per heavy atom. The summed E-state index contributed by atoms with van der Waals surface area (Å²) in [5.74, 6) is -0.133. The van der Waals surface area contributed by atoms with E-state index in [1.54, 1.807) is 10.7 Å². The molecule has 0 saturated heterocycles. The van der Waals surface area contributed by atoms with E-state index in [2.05, 4.69) is 15.4 Å². The van der Waals surface area contributed by atoms with Gasteiger partial charge in [0, 0.05) is 28.9 Å². The molecule has 0 radical (unpaired) electrons. The van der Waals surface area contributed by atoms with Gasteiger partial charge < -0.3 is 5.32 Å². The van der Waals surface area contributed by atoms with Gasteiger partial charge in [0.1, 0.15) is 5.56 Å². The van der Waals surface area contributed by atoms with Crippen LogP contribution in [0.1, 0.15) is 53.1 Å². The predicted molar refractivity (Wildman–Crippen MR) is 104 cm³/mol. The number of hydrogen-bond acceptors (Lipinski definition) is 3. The zero-order valence-corrected chi connectivity index (χ0v) is 16.3. The second kappa shape index (κ2) is 7.46. The number of aryl methyl sites for hydroxylation is 2. The summed E-state index contributed by atoms with van der Waals surface area (Å²) < 4.78 is 1.75. The third-order valence-corrected chi connectivity index (χ3v) is 4.99. The van der Waals surface area contributed by atoms with Gasteiger partial charge in [0.2, 0.25) is 0 Å². The van der Waals surface area contributed by atoms with Crippen molar-refractivity contribution in [3.8, 4) is 0 Å². The van der Waals surface area contributed by atoms with Gasteiger partial charge in [-0.05, 0) is 50.5 Å². The van der Waals surface area contributed by atoms with Crippen LogP contribution in [0.2, 0.25) is 5.02 Å². The fourth-order valence-electron chi connectivity index (χ4n) is 2.94. The molecule has 0 spiro atoms. The highest BCUT2D eigenvalue weighted by atomic mass is 35.5. The van der Waals surface area contributed by atoms with Crippen molar-refractivity contribution in [1.29, 1.82) is 0 Å². The molecule has 0 aliphatic heterocycles. The number of nitrogens with one attached hydrogen (secondary N) is 1. The van der Waals surface area contributed by atoms with Crippen LogP contribution in [-0.4, -0.2) is 26.5 Å². The monoisotopic (exact) mass is 370 g/mol. The Morgan fingerprint density at radius 1 is 1.27 bits per heavy atom. The first-order valence-corrected chi connectivity index (χ1v) is 9.17. The van der Waals surface area contributed by atoms with Crippen molar-refractivity contribution in [3.05, 3.63) is 63.6 Å². The maximum Gasteiger partial charge on any atom is 0.256 e. The molecule has 3 aromatic rings. The first-order chi connectivity index (χ1) is 12.4. The SMILES string of the molecule is CCC(C)NC(=O)c1cnn2c(C)c(Cc3ccc(Cl)cc3)c(C)nc12. The molecule has 3 rings (SSSR count). The smallest absolute Gasteiger partial charge is 0.256 e. The van der Waals surface area contributed by atoms with Crippen LogP contribution in [0.15, 0.2) is 30.5 Å². The van der Waals surface area contributed by atoms with Crippen LogP contribution in [0.25, 0.3) is 5.65 Å². The number of halogens is 1. The van der Waals surface area contributed by atoms with Crippen molar-refractivity contribution in [2.75, 3.05) is 0 Å². The van der Waals surface area contributed by atoms with Crippen LogP contribution in [0.5, 0.6) is 0 Å². The zero-order valence-electron chi connectivity index (χ0n) is 15.5. The molecule has 136 valence electrons. The molecule has 0 saturated carbocycles. The molecule has 1 N–H and O–H groups in total. The molecule has 5 nitrogen and oxygen atoms in total. The van der Waals surface area contributed by atoms with E-state index in [-0.39, 0.29) is 11.9 Å². The summed E-state index contributed by atoms with van der Waals surface area (Å²) in [5.41, 5.74) is 5.27. The van der Waals surface area contributed by atoms with E-state index in [1.165, 1.54) is 0 Å². The summed E-state index contributed by atoms with van der Waals surface area (Å²) in [5, 5.41) is 8.10. The first kappa shape index (κ1) is 18.4. The van der Waals surface area contributed by atoms with Crippen LogP contribution >= 0.6 is 11.6 Å². The largest absolute Gasteiger partial charge is 0.349 e. The first-order valence-electron chi connectivity index (χ1n) is 8.79. The number of nitrogens with zero attached hydrogens (tertiary/aromatic N) is 3. The Hall–Kier alpha value is -2.40. The minimum absolute atomic E-state index is 0.115. The van der Waals surface area contributed by atoms with Crippen molar-refractivity contribution in [2.45, 2.75) is 46.6 Å². The molecule has 0 aliphatic rings. The zero-order chi connectivity index (χ0) is 18.8. The van der Waals surface area contributed by atoms with Crippen LogP contribution in [-0.2, 0) is 6.42 Å². The van der Waals surface area contributed by atoms with Gasteiger partial charge in [-0.15, -0.1) is 0 Å². The molecular weight excluding hydrogens is 348 g/mol. The molecule has 1 aromatic carbocycles. The van der Waals surface area contributed by atoms with Crippen molar-refractivity contribution in [2.24, 2.45) is 0 Å². The molecule has 2 heterocycles. The van der Waals surface area contributed by atoms with Gasteiger partial charge in [-0.3, -0.25) is 4.79 Å². The number of hydrogen-bond donors (Lipinski definition) is 1. The van der Waals surface area contributed by atoms with Crippen LogP contribution in [0.3, 0.4) is 0 Å². The Balaban J connectivity index is 1.98. The number of rotatable bonds is 5. The van der Waals surface area contributed by atoms with E-state index in [9.17, 15) is 4.79 Å². The second-order valence-electron chi connectivity index (χ2n) is 6.64. The van der Waals surface area contributed by atoms with Crippen molar-refractivity contribution < 1.29 is 4.79 Å². The number of amides is 1. The number of fused-ring (bicyclic) bond motifs is 1. The van der Waals surface area contributed by atoms with Crippen molar-refractivity contribution in [3.63, 3.8) is 0 Å². The molecule has 26 heavy (non-hydrogen) atoms. The fraction of sp³-hybridized carbons (Fsp3) is 0.350. The maximum atomic E-state index is 12.5. The number of benzene rings is 1. The molecule has 0 bridgehead atoms. The molecule has 1 atom stereocenters. The summed E-state index contributed by atoms with van der Waals surface area (Å²) in [6, 6.07) is 7.92. The van der Waals surface area contributed by atoms with E-state index >= 15 is 0 Å². The Kier molecular flexibility index (Phi) is 5.28. The summed E-state index contributed by atoms with van der Waals surface area (Å²) in [6.07, 6.45) is 3.21. The summed E-state index contributed by atoms with van der Waals surface area (Å²) in [7, 11) is 0. The van der Waals surface area contributed by atoms with Gasteiger partial charge in [0.25, 0.3) is 5.91 Å². The number of carbonyl (C=O) groups excluding carboxylic acids is 1. The highest BCUT2D eigenvalue weighted by molar-refractivity contribution is 6.30. The lowest BCUT2D eigenvalue weighted by Gasteiger charge is -2.13. The van der Waals surface area contributed by atoms with Gasteiger partial charge in [-0.25, -0.2) is 9.50 Å². The van der Waals surface area contributed by atoms with Crippen molar-refractivity contribution >= 4 is 23.2 Å². The molecule has 2 aromatic heterocycles. The molecule has 0 fully saturated rings. The Morgan fingerprint density at radius 2 is 1.96 bits per heavy atom. The highest BCUT2D eigenvalue weighted by Crippen LogP contribution is 2.21. The minimum Gasteiger partial charge on any atom is -0.349 e. The molecule has 0 aliphatic carbocycles. The van der Waals surface area contributed by atoms with E-state index in [1.807, 2.05) is 52.0 Å². The molecule has 1 unspecified atom stereocenters. The maximum absolute atomic E-state index is 12.5. The average Bonchev–Trinajstić information content (AvgIpc) is 3.04. The van der Waals surface area contributed by atoms with E-state index in [0.717, 1.165) is 40.4 Å². The van der Waals surface area contributed by atoms with E-state index in [4.69, 9.17) is 11.6 Å². The average molecular weight is 371 g/mol. The second-order valence-corrected chi connectivity index (χ2v) is 7.08. The van der Waals surface area contributed by atoms with E-state index in [0.29, 0.717) is 11.2 Å². The van der Waals surface area contributed by atoms with Gasteiger partial charge in [0.15, 0.2) is 5.65 Å². The number of aromatic nitrogens is 3. The van der Waals surface area contributed by atoms with Crippen LogP contribution in [0, 0.1) is 13.8 Å². The summed E-state index contributed by atoms with van der Waals surface area (Å²) in [4.78, 5) is 17.2. The highest BCUT2D eigenvalue weighted by Gasteiger charge is 2.19. The quantitative estimate of drug-likeness (QED) is 0.735. The summed E-state index contributed by atoms with van der Waals surface area (Å²) >= 11 is 5.97. The van der Waals surface area contributed by atoms with Gasteiger partial charge >= 0.3 is 0 Å². The molecular formula is C20H23ClN4O. The predicted octanol–water partition coefficient (Wildman–Crippen LogP) is 4.12. The molecule has 1 amide bonds. The third kappa shape index (κ3) is 3.58. The summed E-state index contributed by atoms with van der Waals surface area (Å²) in [6.45, 7) is 8.01. The van der Waals surface area contributed by atoms with Crippen molar-refractivity contribution in [1.82, 2.24) is 19.9 Å². The van der Waals surface area contributed by atoms with Gasteiger partial charge in [-0.2, -0.15) is 5.10 Å². The van der Waals surface area contributed by atoms with Gasteiger partial charge in [0.05, 0.1) is 6.20 Å².